The van der Waals surface area contributed by atoms with Crippen molar-refractivity contribution in [3.05, 3.63) is 0 Å². The average molecular weight is 185 g/mol. The molecule has 1 fully saturated rings. The Bertz CT molecular complexity index is 205. The van der Waals surface area contributed by atoms with Gasteiger partial charge in [0.05, 0.1) is 0 Å². The van der Waals surface area contributed by atoms with E-state index in [1.165, 1.54) is 0 Å². The number of nitrogens with zero attached hydrogens (tertiary/aromatic N) is 1. The molecular formula is C10H19NO2. The maximum absolute atomic E-state index is 11.5. The minimum atomic E-state index is -0.359. The third-order valence-electron chi connectivity index (χ3n) is 1.99. The highest BCUT2D eigenvalue weighted by atomic mass is 16.6. The van der Waals surface area contributed by atoms with Crippen molar-refractivity contribution in [2.45, 2.75) is 52.3 Å². The summed E-state index contributed by atoms with van der Waals surface area (Å²) in [6.45, 7) is 10.7. The molecule has 1 aliphatic rings. The first-order valence-electron chi connectivity index (χ1n) is 4.80. The van der Waals surface area contributed by atoms with Crippen LogP contribution in [0.2, 0.25) is 0 Å². The van der Waals surface area contributed by atoms with Gasteiger partial charge in [0.15, 0.2) is 0 Å². The van der Waals surface area contributed by atoms with Crippen LogP contribution in [0.1, 0.15) is 34.6 Å². The summed E-state index contributed by atoms with van der Waals surface area (Å²) in [6, 6.07) is 0.455. The van der Waals surface area contributed by atoms with Crippen LogP contribution in [0, 0.1) is 0 Å². The molecule has 0 radical (unpaired) electrons. The van der Waals surface area contributed by atoms with Gasteiger partial charge in [-0.2, -0.15) is 0 Å². The SMILES string of the molecule is CC(C)N1CC1C(=O)OC(C)(C)C. The van der Waals surface area contributed by atoms with Crippen molar-refractivity contribution < 1.29 is 9.53 Å². The van der Waals surface area contributed by atoms with Crippen LogP contribution >= 0.6 is 0 Å². The molecule has 0 saturated carbocycles. The van der Waals surface area contributed by atoms with E-state index in [-0.39, 0.29) is 17.6 Å². The topological polar surface area (TPSA) is 29.3 Å². The molecule has 1 rings (SSSR count). The van der Waals surface area contributed by atoms with Crippen molar-refractivity contribution in [1.29, 1.82) is 0 Å². The summed E-state index contributed by atoms with van der Waals surface area (Å²) in [4.78, 5) is 13.6. The van der Waals surface area contributed by atoms with Crippen LogP contribution in [0.4, 0.5) is 0 Å². The van der Waals surface area contributed by atoms with Gasteiger partial charge in [-0.1, -0.05) is 0 Å². The van der Waals surface area contributed by atoms with E-state index in [9.17, 15) is 4.79 Å². The minimum Gasteiger partial charge on any atom is -0.459 e. The van der Waals surface area contributed by atoms with Crippen LogP contribution in [0.15, 0.2) is 0 Å². The predicted molar refractivity (Wildman–Crippen MR) is 51.5 cm³/mol. The molecule has 0 aliphatic carbocycles. The molecule has 0 aromatic rings. The van der Waals surface area contributed by atoms with Gasteiger partial charge in [-0.3, -0.25) is 9.69 Å². The third kappa shape index (κ3) is 2.99. The second-order valence-electron chi connectivity index (χ2n) is 4.84. The second kappa shape index (κ2) is 3.29. The average Bonchev–Trinajstić information content (AvgIpc) is 2.58. The fourth-order valence-electron chi connectivity index (χ4n) is 1.30. The van der Waals surface area contributed by atoms with Gasteiger partial charge >= 0.3 is 5.97 Å². The van der Waals surface area contributed by atoms with E-state index < -0.39 is 0 Å². The molecule has 3 heteroatoms. The van der Waals surface area contributed by atoms with Crippen LogP contribution in [0.25, 0.3) is 0 Å². The Hall–Kier alpha value is -0.570. The van der Waals surface area contributed by atoms with Gasteiger partial charge in [-0.25, -0.2) is 0 Å². The number of carbonyl (C=O) groups is 1. The lowest BCUT2D eigenvalue weighted by Crippen LogP contribution is -2.29. The first-order valence-corrected chi connectivity index (χ1v) is 4.80. The summed E-state index contributed by atoms with van der Waals surface area (Å²) in [7, 11) is 0. The van der Waals surface area contributed by atoms with Crippen LogP contribution in [0.5, 0.6) is 0 Å². The molecule has 0 amide bonds. The molecule has 2 atom stereocenters. The minimum absolute atomic E-state index is 0.0132. The standard InChI is InChI=1S/C10H19NO2/c1-7(2)11-6-8(11)9(12)13-10(3,4)5/h7-8H,6H2,1-5H3. The van der Waals surface area contributed by atoms with Gasteiger partial charge < -0.3 is 4.74 Å². The molecule has 3 nitrogen and oxygen atoms in total. The van der Waals surface area contributed by atoms with Crippen molar-refractivity contribution in [1.82, 2.24) is 4.90 Å². The van der Waals surface area contributed by atoms with Gasteiger partial charge in [0.2, 0.25) is 0 Å². The molecule has 0 bridgehead atoms. The van der Waals surface area contributed by atoms with Crippen LogP contribution in [0.3, 0.4) is 0 Å². The van der Waals surface area contributed by atoms with Crippen LogP contribution in [-0.4, -0.2) is 35.1 Å². The van der Waals surface area contributed by atoms with Crippen molar-refractivity contribution in [2.75, 3.05) is 6.54 Å². The molecule has 0 spiro atoms. The van der Waals surface area contributed by atoms with Gasteiger partial charge in [0.1, 0.15) is 11.6 Å². The van der Waals surface area contributed by atoms with Crippen LogP contribution in [-0.2, 0) is 9.53 Å². The predicted octanol–water partition coefficient (Wildman–Crippen LogP) is 1.42. The molecule has 0 aromatic heterocycles. The highest BCUT2D eigenvalue weighted by molar-refractivity contribution is 5.79. The molecule has 76 valence electrons. The highest BCUT2D eigenvalue weighted by Crippen LogP contribution is 2.24. The van der Waals surface area contributed by atoms with Crippen LogP contribution < -0.4 is 0 Å². The Morgan fingerprint density at radius 1 is 1.46 bits per heavy atom. The fourth-order valence-corrected chi connectivity index (χ4v) is 1.30. The zero-order valence-electron chi connectivity index (χ0n) is 9.13. The van der Waals surface area contributed by atoms with E-state index in [0.717, 1.165) is 6.54 Å². The zero-order valence-corrected chi connectivity index (χ0v) is 9.13. The van der Waals surface area contributed by atoms with Gasteiger partial charge in [-0.05, 0) is 34.6 Å². The van der Waals surface area contributed by atoms with E-state index in [1.54, 1.807) is 0 Å². The number of hydrogen-bond donors (Lipinski definition) is 0. The molecule has 1 aliphatic heterocycles. The number of rotatable bonds is 2. The van der Waals surface area contributed by atoms with E-state index in [1.807, 2.05) is 20.8 Å². The smallest absolute Gasteiger partial charge is 0.325 e. The number of carbonyl (C=O) groups excluding carboxylic acids is 1. The number of hydrogen-bond acceptors (Lipinski definition) is 3. The van der Waals surface area contributed by atoms with E-state index in [4.69, 9.17) is 4.74 Å². The van der Waals surface area contributed by atoms with E-state index >= 15 is 0 Å². The lowest BCUT2D eigenvalue weighted by Gasteiger charge is -2.19. The largest absolute Gasteiger partial charge is 0.459 e. The summed E-state index contributed by atoms with van der Waals surface area (Å²) in [5.41, 5.74) is -0.359. The molecule has 1 heterocycles. The maximum atomic E-state index is 11.5. The molecule has 0 aromatic carbocycles. The van der Waals surface area contributed by atoms with Crippen molar-refractivity contribution >= 4 is 5.97 Å². The number of esters is 1. The molecule has 0 N–H and O–H groups in total. The Labute approximate surface area is 80.1 Å². The maximum Gasteiger partial charge on any atom is 0.325 e. The van der Waals surface area contributed by atoms with Gasteiger partial charge in [-0.15, -0.1) is 0 Å². The molecule has 2 unspecified atom stereocenters. The third-order valence-corrected chi connectivity index (χ3v) is 1.99. The quantitative estimate of drug-likeness (QED) is 0.481. The summed E-state index contributed by atoms with van der Waals surface area (Å²) in [5.74, 6) is -0.0822. The fraction of sp³-hybridized carbons (Fsp3) is 0.900. The Morgan fingerprint density at radius 2 is 2.00 bits per heavy atom. The molecule has 13 heavy (non-hydrogen) atoms. The van der Waals surface area contributed by atoms with E-state index in [2.05, 4.69) is 18.7 Å². The molecule has 1 saturated heterocycles. The number of ether oxygens (including phenoxy) is 1. The van der Waals surface area contributed by atoms with Gasteiger partial charge in [0.25, 0.3) is 0 Å². The summed E-state index contributed by atoms with van der Waals surface area (Å²) < 4.78 is 5.26. The van der Waals surface area contributed by atoms with Crippen molar-refractivity contribution in [2.24, 2.45) is 0 Å². The van der Waals surface area contributed by atoms with Crippen molar-refractivity contribution in [3.63, 3.8) is 0 Å². The first kappa shape index (κ1) is 10.5. The van der Waals surface area contributed by atoms with Crippen molar-refractivity contribution in [3.8, 4) is 0 Å². The second-order valence-corrected chi connectivity index (χ2v) is 4.84. The summed E-state index contributed by atoms with van der Waals surface area (Å²) >= 11 is 0. The monoisotopic (exact) mass is 185 g/mol. The lowest BCUT2D eigenvalue weighted by molar-refractivity contribution is -0.155. The first-order chi connectivity index (χ1) is 5.81. The summed E-state index contributed by atoms with van der Waals surface area (Å²) in [5, 5.41) is 0. The normalized spacial score (nSPS) is 27.5. The zero-order chi connectivity index (χ0) is 10.2. The lowest BCUT2D eigenvalue weighted by atomic mass is 10.2. The Morgan fingerprint density at radius 3 is 2.31 bits per heavy atom. The van der Waals surface area contributed by atoms with Gasteiger partial charge in [0, 0.05) is 12.6 Å². The van der Waals surface area contributed by atoms with E-state index in [0.29, 0.717) is 6.04 Å². The summed E-state index contributed by atoms with van der Waals surface area (Å²) in [6.07, 6.45) is 0. The molecular weight excluding hydrogens is 166 g/mol. The Balaban J connectivity index is 2.36. The Kier molecular flexibility index (Phi) is 2.66. The highest BCUT2D eigenvalue weighted by Gasteiger charge is 2.44.